The van der Waals surface area contributed by atoms with Gasteiger partial charge in [0, 0.05) is 4.47 Å². The Labute approximate surface area is 108 Å². The summed E-state index contributed by atoms with van der Waals surface area (Å²) in [6.07, 6.45) is 0. The van der Waals surface area contributed by atoms with Crippen LogP contribution >= 0.6 is 27.3 Å². The third-order valence-electron chi connectivity index (χ3n) is 1.81. The summed E-state index contributed by atoms with van der Waals surface area (Å²) in [6.45, 7) is 3.65. The van der Waals surface area contributed by atoms with Gasteiger partial charge in [0.25, 0.3) is 0 Å². The van der Waals surface area contributed by atoms with Gasteiger partial charge in [-0.25, -0.2) is 8.42 Å². The highest BCUT2D eigenvalue weighted by molar-refractivity contribution is 9.10. The summed E-state index contributed by atoms with van der Waals surface area (Å²) < 4.78 is 23.9. The van der Waals surface area contributed by atoms with Gasteiger partial charge in [-0.1, -0.05) is 13.8 Å². The lowest BCUT2D eigenvalue weighted by molar-refractivity contribution is 0.102. The van der Waals surface area contributed by atoms with Crippen molar-refractivity contribution in [2.24, 2.45) is 5.92 Å². The Kier molecular flexibility index (Phi) is 4.70. The Morgan fingerprint density at radius 2 is 2.12 bits per heavy atom. The minimum absolute atomic E-state index is 0.0459. The maximum atomic E-state index is 11.7. The molecule has 16 heavy (non-hydrogen) atoms. The van der Waals surface area contributed by atoms with E-state index in [1.807, 2.05) is 13.8 Å². The van der Waals surface area contributed by atoms with E-state index in [9.17, 15) is 13.2 Å². The van der Waals surface area contributed by atoms with Gasteiger partial charge >= 0.3 is 0 Å². The molecule has 6 heteroatoms. The van der Waals surface area contributed by atoms with Crippen LogP contribution in [0.2, 0.25) is 0 Å². The second kappa shape index (κ2) is 5.42. The van der Waals surface area contributed by atoms with Gasteiger partial charge < -0.3 is 0 Å². The van der Waals surface area contributed by atoms with Crippen LogP contribution in [-0.2, 0) is 9.84 Å². The Bertz CT molecular complexity index is 474. The third kappa shape index (κ3) is 3.99. The van der Waals surface area contributed by atoms with Gasteiger partial charge in [-0.2, -0.15) is 0 Å². The molecule has 0 bridgehead atoms. The largest absolute Gasteiger partial charge is 0.292 e. The molecule has 0 N–H and O–H groups in total. The maximum absolute atomic E-state index is 11.7. The molecule has 1 rings (SSSR count). The number of Topliss-reactive ketones (excluding diaryl/α,β-unsaturated/α-hetero) is 1. The van der Waals surface area contributed by atoms with E-state index < -0.39 is 15.6 Å². The highest BCUT2D eigenvalue weighted by atomic mass is 79.9. The molecule has 0 aliphatic rings. The predicted octanol–water partition coefficient (Wildman–Crippen LogP) is 2.76. The number of halogens is 1. The minimum atomic E-state index is -3.29. The summed E-state index contributed by atoms with van der Waals surface area (Å²) in [4.78, 5) is 12.2. The molecule has 0 saturated heterocycles. The average molecular weight is 325 g/mol. The molecule has 0 amide bonds. The van der Waals surface area contributed by atoms with E-state index in [1.54, 1.807) is 11.4 Å². The Morgan fingerprint density at radius 3 is 2.56 bits per heavy atom. The zero-order chi connectivity index (χ0) is 12.3. The Morgan fingerprint density at radius 1 is 1.50 bits per heavy atom. The standard InChI is InChI=1S/C10H13BrO3S2/c1-7(2)5-16(13,14)6-9(12)10-8(11)3-4-15-10/h3-4,7H,5-6H2,1-2H3. The van der Waals surface area contributed by atoms with Gasteiger partial charge in [-0.3, -0.25) is 4.79 Å². The summed E-state index contributed by atoms with van der Waals surface area (Å²) in [5.74, 6) is -0.626. The first kappa shape index (κ1) is 13.9. The van der Waals surface area contributed by atoms with Gasteiger partial charge in [0.15, 0.2) is 15.6 Å². The molecule has 1 aromatic rings. The summed E-state index contributed by atoms with van der Waals surface area (Å²) in [7, 11) is -3.29. The molecule has 0 radical (unpaired) electrons. The van der Waals surface area contributed by atoms with Crippen LogP contribution < -0.4 is 0 Å². The van der Waals surface area contributed by atoms with E-state index in [0.29, 0.717) is 9.35 Å². The topological polar surface area (TPSA) is 51.2 Å². The Balaban J connectivity index is 2.76. The van der Waals surface area contributed by atoms with Crippen LogP contribution in [0.25, 0.3) is 0 Å². The van der Waals surface area contributed by atoms with Crippen molar-refractivity contribution >= 4 is 42.9 Å². The van der Waals surface area contributed by atoms with Crippen molar-refractivity contribution < 1.29 is 13.2 Å². The molecule has 0 aliphatic carbocycles. The van der Waals surface area contributed by atoms with Gasteiger partial charge in [0.05, 0.1) is 10.6 Å². The first-order chi connectivity index (χ1) is 7.32. The van der Waals surface area contributed by atoms with Crippen LogP contribution in [0.1, 0.15) is 23.5 Å². The number of hydrogen-bond acceptors (Lipinski definition) is 4. The van der Waals surface area contributed by atoms with Gasteiger partial charge in [-0.15, -0.1) is 11.3 Å². The summed E-state index contributed by atoms with van der Waals surface area (Å²) in [5.41, 5.74) is 0. The number of thiophene rings is 1. The lowest BCUT2D eigenvalue weighted by atomic mass is 10.3. The van der Waals surface area contributed by atoms with Crippen LogP contribution in [0.3, 0.4) is 0 Å². The van der Waals surface area contributed by atoms with Gasteiger partial charge in [0.2, 0.25) is 0 Å². The highest BCUT2D eigenvalue weighted by Crippen LogP contribution is 2.23. The number of ketones is 1. The van der Waals surface area contributed by atoms with Crippen LogP contribution in [0.4, 0.5) is 0 Å². The van der Waals surface area contributed by atoms with E-state index in [0.717, 1.165) is 0 Å². The molecule has 1 heterocycles. The van der Waals surface area contributed by atoms with Gasteiger partial charge in [-0.05, 0) is 33.3 Å². The first-order valence-corrected chi connectivity index (χ1v) is 8.28. The molecule has 90 valence electrons. The Hall–Kier alpha value is -0.200. The van der Waals surface area contributed by atoms with Crippen molar-refractivity contribution in [2.45, 2.75) is 13.8 Å². The summed E-state index contributed by atoms with van der Waals surface area (Å²) >= 11 is 4.48. The highest BCUT2D eigenvalue weighted by Gasteiger charge is 2.21. The SMILES string of the molecule is CC(C)CS(=O)(=O)CC(=O)c1sccc1Br. The summed E-state index contributed by atoms with van der Waals surface area (Å²) in [5, 5.41) is 1.76. The van der Waals surface area contributed by atoms with Crippen LogP contribution in [0, 0.1) is 5.92 Å². The van der Waals surface area contributed by atoms with E-state index in [4.69, 9.17) is 0 Å². The summed E-state index contributed by atoms with van der Waals surface area (Å²) in [6, 6.07) is 1.74. The normalized spacial score (nSPS) is 12.0. The smallest absolute Gasteiger partial charge is 0.188 e. The number of carbonyl (C=O) groups excluding carboxylic acids is 1. The van der Waals surface area contributed by atoms with E-state index in [1.165, 1.54) is 11.3 Å². The number of hydrogen-bond donors (Lipinski definition) is 0. The zero-order valence-corrected chi connectivity index (χ0v) is 12.3. The minimum Gasteiger partial charge on any atom is -0.292 e. The van der Waals surface area contributed by atoms with Crippen LogP contribution in [-0.4, -0.2) is 25.7 Å². The fourth-order valence-electron chi connectivity index (χ4n) is 1.32. The van der Waals surface area contributed by atoms with Crippen LogP contribution in [0.5, 0.6) is 0 Å². The number of carbonyl (C=O) groups is 1. The number of sulfone groups is 1. The van der Waals surface area contributed by atoms with Crippen molar-refractivity contribution in [3.05, 3.63) is 20.8 Å². The number of rotatable bonds is 5. The predicted molar refractivity (Wildman–Crippen MR) is 69.8 cm³/mol. The van der Waals surface area contributed by atoms with E-state index in [-0.39, 0.29) is 17.5 Å². The monoisotopic (exact) mass is 324 g/mol. The molecular weight excluding hydrogens is 312 g/mol. The van der Waals surface area contributed by atoms with Crippen molar-refractivity contribution in [2.75, 3.05) is 11.5 Å². The fourth-order valence-corrected chi connectivity index (χ4v) is 4.63. The third-order valence-corrected chi connectivity index (χ3v) is 5.56. The van der Waals surface area contributed by atoms with Crippen molar-refractivity contribution in [1.82, 2.24) is 0 Å². The van der Waals surface area contributed by atoms with Crippen molar-refractivity contribution in [1.29, 1.82) is 0 Å². The molecule has 3 nitrogen and oxygen atoms in total. The van der Waals surface area contributed by atoms with E-state index >= 15 is 0 Å². The molecular formula is C10H13BrO3S2. The second-order valence-corrected chi connectivity index (χ2v) is 7.85. The first-order valence-electron chi connectivity index (χ1n) is 4.78. The lowest BCUT2D eigenvalue weighted by Crippen LogP contribution is -2.21. The lowest BCUT2D eigenvalue weighted by Gasteiger charge is -2.05. The quantitative estimate of drug-likeness (QED) is 0.782. The molecule has 0 aromatic carbocycles. The molecule has 0 saturated carbocycles. The molecule has 0 aliphatic heterocycles. The van der Waals surface area contributed by atoms with Gasteiger partial charge in [0.1, 0.15) is 5.75 Å². The van der Waals surface area contributed by atoms with Crippen molar-refractivity contribution in [3.8, 4) is 0 Å². The molecule has 0 unspecified atom stereocenters. The molecule has 0 spiro atoms. The average Bonchev–Trinajstić information content (AvgIpc) is 2.47. The second-order valence-electron chi connectivity index (χ2n) is 3.97. The molecule has 1 aromatic heterocycles. The molecule has 0 atom stereocenters. The molecule has 0 fully saturated rings. The zero-order valence-electron chi connectivity index (χ0n) is 9.07. The van der Waals surface area contributed by atoms with Crippen LogP contribution in [0.15, 0.2) is 15.9 Å². The fraction of sp³-hybridized carbons (Fsp3) is 0.500. The van der Waals surface area contributed by atoms with Crippen molar-refractivity contribution in [3.63, 3.8) is 0 Å². The maximum Gasteiger partial charge on any atom is 0.188 e. The van der Waals surface area contributed by atoms with E-state index in [2.05, 4.69) is 15.9 Å².